The average Bonchev–Trinajstić information content (AvgIpc) is 2.81. The summed E-state index contributed by atoms with van der Waals surface area (Å²) in [6.45, 7) is 1.49. The highest BCUT2D eigenvalue weighted by atomic mass is 35.5. The molecule has 1 aliphatic rings. The fourth-order valence-corrected chi connectivity index (χ4v) is 1.86. The topological polar surface area (TPSA) is 104 Å². The van der Waals surface area contributed by atoms with Crippen LogP contribution in [0, 0.1) is 0 Å². The van der Waals surface area contributed by atoms with Gasteiger partial charge in [-0.25, -0.2) is 0 Å². The first-order valence-corrected chi connectivity index (χ1v) is 6.10. The number of carboxylic acid groups (broad SMARTS) is 1. The summed E-state index contributed by atoms with van der Waals surface area (Å²) in [6, 6.07) is -0.835. The van der Waals surface area contributed by atoms with E-state index in [1.54, 1.807) is 0 Å². The van der Waals surface area contributed by atoms with Crippen LogP contribution in [0.1, 0.15) is 32.1 Å². The van der Waals surface area contributed by atoms with Gasteiger partial charge in [0.2, 0.25) is 5.91 Å². The standard InChI is InChI=1S/C11H21N3O3.2ClH/c12-8(11(16)17)4-1-2-6-14-10(15)9-5-3-7-13-9;;/h8-9,13H,1-7,12H2,(H,14,15)(H,16,17);2*1H/t8-,9-;;/m0../s1. The number of carbonyl (C=O) groups excluding carboxylic acids is 1. The Labute approximate surface area is 125 Å². The molecule has 8 heteroatoms. The maximum absolute atomic E-state index is 11.6. The van der Waals surface area contributed by atoms with Crippen LogP contribution in [-0.2, 0) is 9.59 Å². The van der Waals surface area contributed by atoms with E-state index in [4.69, 9.17) is 10.8 Å². The third-order valence-corrected chi connectivity index (χ3v) is 2.94. The third-order valence-electron chi connectivity index (χ3n) is 2.94. The number of nitrogens with one attached hydrogen (secondary N) is 2. The molecule has 0 bridgehead atoms. The van der Waals surface area contributed by atoms with Gasteiger partial charge in [0.1, 0.15) is 6.04 Å². The van der Waals surface area contributed by atoms with E-state index in [9.17, 15) is 9.59 Å². The molecule has 1 saturated heterocycles. The first-order valence-electron chi connectivity index (χ1n) is 6.10. The number of halogens is 2. The number of hydrogen-bond acceptors (Lipinski definition) is 4. The summed E-state index contributed by atoms with van der Waals surface area (Å²) in [4.78, 5) is 22.0. The van der Waals surface area contributed by atoms with E-state index in [1.165, 1.54) is 0 Å². The lowest BCUT2D eigenvalue weighted by atomic mass is 10.1. The summed E-state index contributed by atoms with van der Waals surface area (Å²) >= 11 is 0. The molecule has 0 aromatic rings. The zero-order valence-electron chi connectivity index (χ0n) is 10.8. The lowest BCUT2D eigenvalue weighted by Crippen LogP contribution is -2.40. The molecule has 2 atom stereocenters. The quantitative estimate of drug-likeness (QED) is 0.505. The van der Waals surface area contributed by atoms with Crippen molar-refractivity contribution in [2.75, 3.05) is 13.1 Å². The van der Waals surface area contributed by atoms with E-state index in [-0.39, 0.29) is 36.8 Å². The van der Waals surface area contributed by atoms with Gasteiger partial charge in [-0.05, 0) is 38.6 Å². The lowest BCUT2D eigenvalue weighted by molar-refractivity contribution is -0.138. The minimum Gasteiger partial charge on any atom is -0.480 e. The molecule has 0 aromatic carbocycles. The van der Waals surface area contributed by atoms with Gasteiger partial charge in [-0.2, -0.15) is 0 Å². The predicted octanol–water partition coefficient (Wildman–Crippen LogP) is 0.280. The Morgan fingerprint density at radius 3 is 2.58 bits per heavy atom. The van der Waals surface area contributed by atoms with Crippen molar-refractivity contribution in [3.63, 3.8) is 0 Å². The first kappa shape index (κ1) is 20.8. The molecule has 0 radical (unpaired) electrons. The summed E-state index contributed by atoms with van der Waals surface area (Å²) in [5.74, 6) is -0.922. The zero-order valence-corrected chi connectivity index (χ0v) is 12.4. The van der Waals surface area contributed by atoms with Crippen LogP contribution in [0.15, 0.2) is 0 Å². The molecule has 19 heavy (non-hydrogen) atoms. The Morgan fingerprint density at radius 2 is 2.05 bits per heavy atom. The second-order valence-corrected chi connectivity index (χ2v) is 4.38. The number of carbonyl (C=O) groups is 2. The molecule has 1 amide bonds. The van der Waals surface area contributed by atoms with Gasteiger partial charge < -0.3 is 21.5 Å². The van der Waals surface area contributed by atoms with Gasteiger partial charge in [0.05, 0.1) is 6.04 Å². The number of amides is 1. The highest BCUT2D eigenvalue weighted by Crippen LogP contribution is 2.04. The van der Waals surface area contributed by atoms with Gasteiger partial charge in [-0.15, -0.1) is 24.8 Å². The molecular formula is C11H23Cl2N3O3. The van der Waals surface area contributed by atoms with Crippen molar-refractivity contribution in [2.24, 2.45) is 5.73 Å². The number of hydrogen-bond donors (Lipinski definition) is 4. The van der Waals surface area contributed by atoms with Crippen LogP contribution in [0.3, 0.4) is 0 Å². The Morgan fingerprint density at radius 1 is 1.37 bits per heavy atom. The summed E-state index contributed by atoms with van der Waals surface area (Å²) in [7, 11) is 0. The van der Waals surface area contributed by atoms with Crippen molar-refractivity contribution >= 4 is 36.7 Å². The fourth-order valence-electron chi connectivity index (χ4n) is 1.86. The number of nitrogens with two attached hydrogens (primary N) is 1. The van der Waals surface area contributed by atoms with Gasteiger partial charge in [-0.3, -0.25) is 9.59 Å². The molecule has 0 unspecified atom stereocenters. The number of rotatable bonds is 7. The van der Waals surface area contributed by atoms with Crippen molar-refractivity contribution < 1.29 is 14.7 Å². The lowest BCUT2D eigenvalue weighted by Gasteiger charge is -2.11. The monoisotopic (exact) mass is 315 g/mol. The van der Waals surface area contributed by atoms with Crippen LogP contribution in [0.4, 0.5) is 0 Å². The molecule has 0 spiro atoms. The largest absolute Gasteiger partial charge is 0.480 e. The normalized spacial score (nSPS) is 18.9. The van der Waals surface area contributed by atoms with E-state index < -0.39 is 12.0 Å². The highest BCUT2D eigenvalue weighted by molar-refractivity contribution is 5.85. The smallest absolute Gasteiger partial charge is 0.320 e. The van der Waals surface area contributed by atoms with Gasteiger partial charge in [-0.1, -0.05) is 0 Å². The van der Waals surface area contributed by atoms with Crippen molar-refractivity contribution in [1.82, 2.24) is 10.6 Å². The van der Waals surface area contributed by atoms with Crippen LogP contribution < -0.4 is 16.4 Å². The predicted molar refractivity (Wildman–Crippen MR) is 78.0 cm³/mol. The van der Waals surface area contributed by atoms with Gasteiger partial charge in [0, 0.05) is 6.54 Å². The highest BCUT2D eigenvalue weighted by Gasteiger charge is 2.21. The van der Waals surface area contributed by atoms with Gasteiger partial charge in [0.25, 0.3) is 0 Å². The molecular weight excluding hydrogens is 293 g/mol. The molecule has 0 aromatic heterocycles. The molecule has 1 heterocycles. The van der Waals surface area contributed by atoms with Crippen molar-refractivity contribution in [1.29, 1.82) is 0 Å². The Hall–Kier alpha value is -0.560. The molecule has 0 aliphatic carbocycles. The Bertz CT molecular complexity index is 274. The summed E-state index contributed by atoms with van der Waals surface area (Å²) in [5, 5.41) is 14.5. The van der Waals surface area contributed by atoms with Crippen molar-refractivity contribution in [2.45, 2.75) is 44.2 Å². The van der Waals surface area contributed by atoms with E-state index in [0.29, 0.717) is 19.4 Å². The number of unbranched alkanes of at least 4 members (excludes halogenated alkanes) is 1. The summed E-state index contributed by atoms with van der Waals surface area (Å²) < 4.78 is 0. The first-order chi connectivity index (χ1) is 8.11. The van der Waals surface area contributed by atoms with E-state index in [1.807, 2.05) is 0 Å². The summed E-state index contributed by atoms with van der Waals surface area (Å²) in [6.07, 6.45) is 3.87. The Balaban J connectivity index is 0. The van der Waals surface area contributed by atoms with Crippen molar-refractivity contribution in [3.8, 4) is 0 Å². The molecule has 6 nitrogen and oxygen atoms in total. The Kier molecular flexibility index (Phi) is 12.3. The van der Waals surface area contributed by atoms with Crippen LogP contribution in [0.2, 0.25) is 0 Å². The van der Waals surface area contributed by atoms with E-state index in [0.717, 1.165) is 25.8 Å². The second-order valence-electron chi connectivity index (χ2n) is 4.38. The minimum absolute atomic E-state index is 0. The zero-order chi connectivity index (χ0) is 12.7. The molecule has 1 rings (SSSR count). The third kappa shape index (κ3) is 8.26. The minimum atomic E-state index is -0.968. The van der Waals surface area contributed by atoms with Crippen molar-refractivity contribution in [3.05, 3.63) is 0 Å². The van der Waals surface area contributed by atoms with E-state index >= 15 is 0 Å². The molecule has 0 saturated carbocycles. The van der Waals surface area contributed by atoms with Gasteiger partial charge in [0.15, 0.2) is 0 Å². The molecule has 1 aliphatic heterocycles. The van der Waals surface area contributed by atoms with Gasteiger partial charge >= 0.3 is 5.97 Å². The van der Waals surface area contributed by atoms with Crippen LogP contribution >= 0.6 is 24.8 Å². The molecule has 114 valence electrons. The SMILES string of the molecule is Cl.Cl.N[C@@H](CCCCNC(=O)[C@@H]1CCCN1)C(=O)O. The maximum Gasteiger partial charge on any atom is 0.320 e. The molecule has 1 fully saturated rings. The van der Waals surface area contributed by atoms with E-state index in [2.05, 4.69) is 10.6 Å². The van der Waals surface area contributed by atoms with Crippen LogP contribution in [-0.4, -0.2) is 42.2 Å². The summed E-state index contributed by atoms with van der Waals surface area (Å²) in [5.41, 5.74) is 5.36. The second kappa shape index (κ2) is 11.3. The molecule has 5 N–H and O–H groups in total. The number of aliphatic carboxylic acids is 1. The van der Waals surface area contributed by atoms with Crippen LogP contribution in [0.5, 0.6) is 0 Å². The fraction of sp³-hybridized carbons (Fsp3) is 0.818. The average molecular weight is 316 g/mol. The van der Waals surface area contributed by atoms with Crippen LogP contribution in [0.25, 0.3) is 0 Å². The maximum atomic E-state index is 11.6. The number of carboxylic acids is 1.